The minimum absolute atomic E-state index is 0.0862. The maximum atomic E-state index is 12.8. The molecule has 0 radical (unpaired) electrons. The second kappa shape index (κ2) is 60.4. The Hall–Kier alpha value is -4.19. The van der Waals surface area contributed by atoms with Gasteiger partial charge >= 0.3 is 17.9 Å². The molecule has 0 fully saturated rings. The van der Waals surface area contributed by atoms with Crippen molar-refractivity contribution in [2.75, 3.05) is 13.2 Å². The lowest BCUT2D eigenvalue weighted by molar-refractivity contribution is -0.167. The van der Waals surface area contributed by atoms with E-state index in [-0.39, 0.29) is 31.1 Å². The maximum Gasteiger partial charge on any atom is 0.306 e. The summed E-state index contributed by atoms with van der Waals surface area (Å²) >= 11 is 0. The predicted octanol–water partition coefficient (Wildman–Crippen LogP) is 20.4. The van der Waals surface area contributed by atoms with Crippen LogP contribution < -0.4 is 0 Å². The Morgan fingerprint density at radius 1 is 0.288 bits per heavy atom. The van der Waals surface area contributed by atoms with Gasteiger partial charge in [-0.2, -0.15) is 0 Å². The van der Waals surface area contributed by atoms with Crippen LogP contribution >= 0.6 is 0 Å². The third kappa shape index (κ3) is 58.6. The standard InChI is InChI=1S/C67H110O6/c1-4-7-10-13-15-17-19-21-23-24-25-26-27-28-29-30-31-32-33-34-35-36-37-38-39-40-41-42-44-45-47-49-51-54-57-60-66(69)72-63-64(62-71-65(68)59-56-53-12-9-6-3)73-67(70)61-58-55-52-50-48-46-43-22-20-18-16-14-11-8-5-2/h7,10,15,17,21-23,25-26,28-29,31-32,34-35,37-38,40-41,43,64H,4-6,8-9,11-14,16,18-20,24,27,30,33,36,39,42,44-63H2,1-3H3/b10-7-,17-15-,23-21-,26-25-,29-28-,32-31-,35-34-,38-37-,41-40-,43-22-. The molecule has 0 aromatic carbocycles. The largest absolute Gasteiger partial charge is 0.462 e. The molecule has 0 aromatic rings. The summed E-state index contributed by atoms with van der Waals surface area (Å²) in [5.41, 5.74) is 0. The summed E-state index contributed by atoms with van der Waals surface area (Å²) in [6.07, 6.45) is 83.9. The Morgan fingerprint density at radius 2 is 0.534 bits per heavy atom. The summed E-state index contributed by atoms with van der Waals surface area (Å²) in [5, 5.41) is 0. The first-order valence-electron chi connectivity index (χ1n) is 30.0. The predicted molar refractivity (Wildman–Crippen MR) is 316 cm³/mol. The highest BCUT2D eigenvalue weighted by Crippen LogP contribution is 2.14. The Bertz CT molecular complexity index is 1540. The molecule has 0 aromatic heterocycles. The van der Waals surface area contributed by atoms with Crippen LogP contribution in [0.5, 0.6) is 0 Å². The van der Waals surface area contributed by atoms with Crippen molar-refractivity contribution in [3.63, 3.8) is 0 Å². The zero-order valence-electron chi connectivity index (χ0n) is 47.4. The van der Waals surface area contributed by atoms with Crippen molar-refractivity contribution in [2.45, 2.75) is 271 Å². The minimum Gasteiger partial charge on any atom is -0.462 e. The molecule has 0 aliphatic rings. The first-order valence-corrected chi connectivity index (χ1v) is 30.0. The van der Waals surface area contributed by atoms with E-state index >= 15 is 0 Å². The van der Waals surface area contributed by atoms with Gasteiger partial charge in [-0.05, 0) is 116 Å². The number of carbonyl (C=O) groups excluding carboxylic acids is 3. The lowest BCUT2D eigenvalue weighted by Gasteiger charge is -2.18. The lowest BCUT2D eigenvalue weighted by atomic mass is 10.1. The van der Waals surface area contributed by atoms with Crippen LogP contribution in [0.2, 0.25) is 0 Å². The van der Waals surface area contributed by atoms with E-state index in [2.05, 4.69) is 142 Å². The van der Waals surface area contributed by atoms with Gasteiger partial charge in [0.2, 0.25) is 0 Å². The van der Waals surface area contributed by atoms with Gasteiger partial charge in [0.05, 0.1) is 0 Å². The van der Waals surface area contributed by atoms with Crippen molar-refractivity contribution in [1.29, 1.82) is 0 Å². The van der Waals surface area contributed by atoms with Crippen LogP contribution in [0.3, 0.4) is 0 Å². The molecule has 0 saturated heterocycles. The summed E-state index contributed by atoms with van der Waals surface area (Å²) in [6.45, 7) is 6.41. The summed E-state index contributed by atoms with van der Waals surface area (Å²) in [7, 11) is 0. The third-order valence-corrected chi connectivity index (χ3v) is 12.5. The highest BCUT2D eigenvalue weighted by Gasteiger charge is 2.19. The van der Waals surface area contributed by atoms with Gasteiger partial charge in [-0.3, -0.25) is 14.4 Å². The first kappa shape index (κ1) is 68.8. The fourth-order valence-electron chi connectivity index (χ4n) is 7.96. The number of ether oxygens (including phenoxy) is 3. The van der Waals surface area contributed by atoms with Gasteiger partial charge < -0.3 is 14.2 Å². The zero-order valence-corrected chi connectivity index (χ0v) is 47.4. The first-order chi connectivity index (χ1) is 36.0. The third-order valence-electron chi connectivity index (χ3n) is 12.5. The fourth-order valence-corrected chi connectivity index (χ4v) is 7.96. The quantitative estimate of drug-likeness (QED) is 0.0261. The van der Waals surface area contributed by atoms with Crippen LogP contribution in [0.15, 0.2) is 122 Å². The van der Waals surface area contributed by atoms with Gasteiger partial charge in [0.25, 0.3) is 0 Å². The monoisotopic (exact) mass is 1010 g/mol. The molecular formula is C67H110O6. The van der Waals surface area contributed by atoms with E-state index < -0.39 is 6.10 Å². The minimum atomic E-state index is -0.784. The van der Waals surface area contributed by atoms with Crippen LogP contribution in [-0.2, 0) is 28.6 Å². The van der Waals surface area contributed by atoms with Crippen LogP contribution in [0, 0.1) is 0 Å². The number of hydrogen-bond acceptors (Lipinski definition) is 6. The van der Waals surface area contributed by atoms with Crippen molar-refractivity contribution in [3.8, 4) is 0 Å². The van der Waals surface area contributed by atoms with Gasteiger partial charge in [0.1, 0.15) is 13.2 Å². The van der Waals surface area contributed by atoms with Crippen molar-refractivity contribution >= 4 is 17.9 Å². The van der Waals surface area contributed by atoms with E-state index in [1.54, 1.807) is 0 Å². The van der Waals surface area contributed by atoms with Gasteiger partial charge in [0, 0.05) is 19.3 Å². The van der Waals surface area contributed by atoms with Crippen LogP contribution in [0.25, 0.3) is 0 Å². The lowest BCUT2D eigenvalue weighted by Crippen LogP contribution is -2.30. The number of hydrogen-bond donors (Lipinski definition) is 0. The molecule has 414 valence electrons. The molecule has 6 nitrogen and oxygen atoms in total. The average molecular weight is 1010 g/mol. The molecule has 0 N–H and O–H groups in total. The SMILES string of the molecule is CC/C=C\C/C=C\C/C=C\C/C=C\C/C=C\C/C=C\C/C=C\C/C=C\C/C=C\CCCCCCCCCC(=O)OCC(COC(=O)CCCCCCC)OC(=O)CCCCCCC/C=C\CCCCCCCC. The van der Waals surface area contributed by atoms with Gasteiger partial charge in [-0.25, -0.2) is 0 Å². The number of carbonyl (C=O) groups is 3. The zero-order chi connectivity index (χ0) is 52.9. The fraction of sp³-hybridized carbons (Fsp3) is 0.657. The Kier molecular flexibility index (Phi) is 56.9. The van der Waals surface area contributed by atoms with Gasteiger partial charge in [0.15, 0.2) is 6.10 Å². The molecule has 0 aliphatic heterocycles. The maximum absolute atomic E-state index is 12.8. The smallest absolute Gasteiger partial charge is 0.306 e. The molecule has 1 unspecified atom stereocenters. The van der Waals surface area contributed by atoms with Crippen molar-refractivity contribution < 1.29 is 28.6 Å². The Labute approximate surface area is 450 Å². The highest BCUT2D eigenvalue weighted by atomic mass is 16.6. The molecule has 6 heteroatoms. The normalized spacial score (nSPS) is 13.0. The van der Waals surface area contributed by atoms with Crippen LogP contribution in [0.4, 0.5) is 0 Å². The van der Waals surface area contributed by atoms with E-state index in [9.17, 15) is 14.4 Å². The molecule has 0 bridgehead atoms. The number of allylic oxidation sites excluding steroid dienone is 20. The molecule has 0 rings (SSSR count). The van der Waals surface area contributed by atoms with Crippen molar-refractivity contribution in [2.24, 2.45) is 0 Å². The molecule has 0 amide bonds. The molecule has 73 heavy (non-hydrogen) atoms. The average Bonchev–Trinajstić information content (AvgIpc) is 3.39. The summed E-state index contributed by atoms with van der Waals surface area (Å²) < 4.78 is 16.7. The summed E-state index contributed by atoms with van der Waals surface area (Å²) in [6, 6.07) is 0. The summed E-state index contributed by atoms with van der Waals surface area (Å²) in [5.74, 6) is -0.921. The van der Waals surface area contributed by atoms with Crippen LogP contribution in [-0.4, -0.2) is 37.2 Å². The Balaban J connectivity index is 4.08. The van der Waals surface area contributed by atoms with E-state index in [4.69, 9.17) is 14.2 Å². The van der Waals surface area contributed by atoms with Gasteiger partial charge in [-0.15, -0.1) is 0 Å². The van der Waals surface area contributed by atoms with E-state index in [0.29, 0.717) is 19.3 Å². The van der Waals surface area contributed by atoms with E-state index in [0.717, 1.165) is 141 Å². The molecule has 0 aliphatic carbocycles. The number of rotatable bonds is 53. The van der Waals surface area contributed by atoms with Gasteiger partial charge in [-0.1, -0.05) is 251 Å². The second-order valence-electron chi connectivity index (χ2n) is 19.5. The molecule has 1 atom stereocenters. The Morgan fingerprint density at radius 3 is 0.849 bits per heavy atom. The molecule has 0 saturated carbocycles. The molecule has 0 heterocycles. The van der Waals surface area contributed by atoms with E-state index in [1.807, 2.05) is 0 Å². The topological polar surface area (TPSA) is 78.9 Å². The van der Waals surface area contributed by atoms with E-state index in [1.165, 1.54) is 83.5 Å². The highest BCUT2D eigenvalue weighted by molar-refractivity contribution is 5.71. The second-order valence-corrected chi connectivity index (χ2v) is 19.5. The van der Waals surface area contributed by atoms with Crippen molar-refractivity contribution in [3.05, 3.63) is 122 Å². The molecule has 0 spiro atoms. The number of esters is 3. The van der Waals surface area contributed by atoms with Crippen molar-refractivity contribution in [1.82, 2.24) is 0 Å². The summed E-state index contributed by atoms with van der Waals surface area (Å²) in [4.78, 5) is 37.8. The molecular weight excluding hydrogens is 901 g/mol. The number of unbranched alkanes of at least 4 members (excludes halogenated alkanes) is 22. The van der Waals surface area contributed by atoms with Crippen LogP contribution in [0.1, 0.15) is 265 Å².